The monoisotopic (exact) mass is 412 g/mol. The van der Waals surface area contributed by atoms with Gasteiger partial charge in [0.2, 0.25) is 5.91 Å². The van der Waals surface area contributed by atoms with E-state index in [2.05, 4.69) is 15.4 Å². The maximum Gasteiger partial charge on any atom is 0.350 e. The standard InChI is InChI=1S/C18H20N8O4/c1-22-11-20-15-14(22)16(28)25(17(29)23(15)2)10-13(27)19-7-5-9-26-18(30)24-8-4-3-6-12(24)21-26/h3-4,6,8,11H,5,7,9-10H2,1-2H3,(H,19,27). The van der Waals surface area contributed by atoms with Gasteiger partial charge in [-0.2, -0.15) is 0 Å². The Hall–Kier alpha value is -3.96. The Morgan fingerprint density at radius 1 is 1.13 bits per heavy atom. The first kappa shape index (κ1) is 19.4. The lowest BCUT2D eigenvalue weighted by Crippen LogP contribution is -2.43. The molecule has 0 aromatic carbocycles. The number of pyridine rings is 1. The highest BCUT2D eigenvalue weighted by Crippen LogP contribution is 2.02. The van der Waals surface area contributed by atoms with Crippen molar-refractivity contribution >= 4 is 22.7 Å². The fourth-order valence-electron chi connectivity index (χ4n) is 3.31. The lowest BCUT2D eigenvalue weighted by molar-refractivity contribution is -0.121. The topological polar surface area (TPSA) is 130 Å². The van der Waals surface area contributed by atoms with Gasteiger partial charge >= 0.3 is 11.4 Å². The molecule has 0 bridgehead atoms. The molecule has 4 aromatic heterocycles. The van der Waals surface area contributed by atoms with E-state index < -0.39 is 23.7 Å². The number of nitrogens with zero attached hydrogens (tertiary/aromatic N) is 7. The molecule has 0 aliphatic rings. The number of hydrogen-bond acceptors (Lipinski definition) is 6. The molecular weight excluding hydrogens is 392 g/mol. The predicted octanol–water partition coefficient (Wildman–Crippen LogP) is -1.55. The van der Waals surface area contributed by atoms with Gasteiger partial charge in [-0.3, -0.25) is 18.6 Å². The number of nitrogens with one attached hydrogen (secondary N) is 1. The first-order valence-corrected chi connectivity index (χ1v) is 9.30. The second kappa shape index (κ2) is 7.46. The summed E-state index contributed by atoms with van der Waals surface area (Å²) in [6, 6.07) is 5.27. The molecule has 0 spiro atoms. The minimum Gasteiger partial charge on any atom is -0.354 e. The molecule has 12 nitrogen and oxygen atoms in total. The van der Waals surface area contributed by atoms with E-state index >= 15 is 0 Å². The summed E-state index contributed by atoms with van der Waals surface area (Å²) in [6.45, 7) is 0.187. The number of carbonyl (C=O) groups excluding carboxylic acids is 1. The number of hydrogen-bond donors (Lipinski definition) is 1. The molecule has 156 valence electrons. The third-order valence-corrected chi connectivity index (χ3v) is 4.86. The van der Waals surface area contributed by atoms with E-state index in [1.165, 1.54) is 31.6 Å². The number of fused-ring (bicyclic) bond motifs is 2. The molecule has 0 atom stereocenters. The van der Waals surface area contributed by atoms with Crippen LogP contribution in [0.4, 0.5) is 0 Å². The van der Waals surface area contributed by atoms with E-state index in [4.69, 9.17) is 0 Å². The number of carbonyl (C=O) groups is 1. The van der Waals surface area contributed by atoms with Crippen molar-refractivity contribution in [2.45, 2.75) is 19.5 Å². The van der Waals surface area contributed by atoms with E-state index in [-0.39, 0.29) is 23.4 Å². The van der Waals surface area contributed by atoms with Gasteiger partial charge in [0.15, 0.2) is 16.8 Å². The van der Waals surface area contributed by atoms with Crippen molar-refractivity contribution in [1.82, 2.24) is 38.2 Å². The number of aromatic nitrogens is 7. The van der Waals surface area contributed by atoms with Gasteiger partial charge in [-0.15, -0.1) is 5.10 Å². The second-order valence-corrected chi connectivity index (χ2v) is 6.90. The van der Waals surface area contributed by atoms with Gasteiger partial charge in [0.25, 0.3) is 5.56 Å². The normalized spacial score (nSPS) is 11.4. The van der Waals surface area contributed by atoms with E-state index in [9.17, 15) is 19.2 Å². The highest BCUT2D eigenvalue weighted by atomic mass is 16.2. The third-order valence-electron chi connectivity index (χ3n) is 4.86. The van der Waals surface area contributed by atoms with Crippen LogP contribution in [0.25, 0.3) is 16.8 Å². The van der Waals surface area contributed by atoms with Crippen LogP contribution < -0.4 is 22.3 Å². The quantitative estimate of drug-likeness (QED) is 0.382. The average molecular weight is 412 g/mol. The Morgan fingerprint density at radius 2 is 1.93 bits per heavy atom. The molecule has 0 fully saturated rings. The zero-order valence-corrected chi connectivity index (χ0v) is 16.5. The molecule has 0 aliphatic heterocycles. The van der Waals surface area contributed by atoms with Crippen LogP contribution in [0, 0.1) is 0 Å². The molecule has 4 rings (SSSR count). The van der Waals surface area contributed by atoms with Crippen LogP contribution in [0.15, 0.2) is 45.1 Å². The van der Waals surface area contributed by atoms with Crippen LogP contribution in [0.5, 0.6) is 0 Å². The molecule has 0 saturated heterocycles. The maximum absolute atomic E-state index is 12.6. The van der Waals surface area contributed by atoms with Gasteiger partial charge in [0.05, 0.1) is 6.33 Å². The summed E-state index contributed by atoms with van der Waals surface area (Å²) in [6.07, 6.45) is 3.54. The van der Waals surface area contributed by atoms with Crippen LogP contribution in [-0.4, -0.2) is 45.3 Å². The van der Waals surface area contributed by atoms with E-state index in [0.29, 0.717) is 18.6 Å². The smallest absolute Gasteiger partial charge is 0.350 e. The van der Waals surface area contributed by atoms with Gasteiger partial charge in [-0.1, -0.05) is 6.07 Å². The highest BCUT2D eigenvalue weighted by molar-refractivity contribution is 5.76. The summed E-state index contributed by atoms with van der Waals surface area (Å²) in [4.78, 5) is 53.6. The summed E-state index contributed by atoms with van der Waals surface area (Å²) in [5.74, 6) is -0.474. The molecular formula is C18H20N8O4. The first-order valence-electron chi connectivity index (χ1n) is 9.30. The van der Waals surface area contributed by atoms with Gasteiger partial charge in [-0.25, -0.2) is 23.8 Å². The number of imidazole rings is 1. The van der Waals surface area contributed by atoms with Crippen LogP contribution >= 0.6 is 0 Å². The Morgan fingerprint density at radius 3 is 2.70 bits per heavy atom. The Labute approximate surface area is 168 Å². The molecule has 12 heteroatoms. The minimum absolute atomic E-state index is 0.246. The largest absolute Gasteiger partial charge is 0.354 e. The van der Waals surface area contributed by atoms with Crippen molar-refractivity contribution in [2.24, 2.45) is 14.1 Å². The average Bonchev–Trinajstić information content (AvgIpc) is 3.27. The number of amides is 1. The molecule has 30 heavy (non-hydrogen) atoms. The van der Waals surface area contributed by atoms with Crippen LogP contribution in [0.3, 0.4) is 0 Å². The molecule has 0 unspecified atom stereocenters. The van der Waals surface area contributed by atoms with Crippen molar-refractivity contribution in [1.29, 1.82) is 0 Å². The number of aryl methyl sites for hydroxylation is 3. The van der Waals surface area contributed by atoms with E-state index in [0.717, 1.165) is 4.57 Å². The summed E-state index contributed by atoms with van der Waals surface area (Å²) in [5.41, 5.74) is -0.376. The molecule has 1 N–H and O–H groups in total. The lowest BCUT2D eigenvalue weighted by atomic mass is 10.4. The molecule has 1 amide bonds. The Balaban J connectivity index is 1.41. The third kappa shape index (κ3) is 3.21. The Bertz CT molecular complexity index is 1430. The highest BCUT2D eigenvalue weighted by Gasteiger charge is 2.16. The summed E-state index contributed by atoms with van der Waals surface area (Å²) in [5, 5.41) is 6.88. The number of rotatable bonds is 6. The Kier molecular flexibility index (Phi) is 4.82. The predicted molar refractivity (Wildman–Crippen MR) is 107 cm³/mol. The van der Waals surface area contributed by atoms with Gasteiger partial charge < -0.3 is 9.88 Å². The fourth-order valence-corrected chi connectivity index (χ4v) is 3.31. The van der Waals surface area contributed by atoms with Crippen LogP contribution in [0.2, 0.25) is 0 Å². The molecule has 0 radical (unpaired) electrons. The maximum atomic E-state index is 12.6. The second-order valence-electron chi connectivity index (χ2n) is 6.90. The molecule has 0 saturated carbocycles. The SMILES string of the molecule is Cn1cnc2c1c(=O)n(CC(=O)NCCCn1nc3ccccn3c1=O)c(=O)n2C. The zero-order chi connectivity index (χ0) is 21.4. The van der Waals surface area contributed by atoms with E-state index in [1.807, 2.05) is 0 Å². The van der Waals surface area contributed by atoms with Gasteiger partial charge in [0.1, 0.15) is 6.54 Å². The summed E-state index contributed by atoms with van der Waals surface area (Å²) < 4.78 is 6.40. The fraction of sp³-hybridized carbons (Fsp3) is 0.333. The van der Waals surface area contributed by atoms with Crippen molar-refractivity contribution in [3.8, 4) is 0 Å². The van der Waals surface area contributed by atoms with Crippen molar-refractivity contribution in [3.05, 3.63) is 62.0 Å². The van der Waals surface area contributed by atoms with Crippen LogP contribution in [0.1, 0.15) is 6.42 Å². The molecule has 0 aliphatic carbocycles. The van der Waals surface area contributed by atoms with Crippen molar-refractivity contribution < 1.29 is 4.79 Å². The van der Waals surface area contributed by atoms with E-state index in [1.54, 1.807) is 31.4 Å². The summed E-state index contributed by atoms with van der Waals surface area (Å²) in [7, 11) is 3.14. The first-order chi connectivity index (χ1) is 14.4. The molecule has 4 heterocycles. The summed E-state index contributed by atoms with van der Waals surface area (Å²) >= 11 is 0. The molecule has 4 aromatic rings. The van der Waals surface area contributed by atoms with Crippen molar-refractivity contribution in [2.75, 3.05) is 6.54 Å². The zero-order valence-electron chi connectivity index (χ0n) is 16.5. The lowest BCUT2D eigenvalue weighted by Gasteiger charge is -2.09. The van der Waals surface area contributed by atoms with Crippen molar-refractivity contribution in [3.63, 3.8) is 0 Å². The van der Waals surface area contributed by atoms with Gasteiger partial charge in [-0.05, 0) is 18.6 Å². The minimum atomic E-state index is -0.613. The van der Waals surface area contributed by atoms with Gasteiger partial charge in [0, 0.05) is 33.4 Å². The van der Waals surface area contributed by atoms with Crippen LogP contribution in [-0.2, 0) is 32.0 Å².